The minimum absolute atomic E-state index is 0.0445. The number of nitro benzene ring substituents is 1. The SMILES string of the molecule is CC(C)c1ccc(CNC(=O)C(=O)N/N=C\c2ccc([N+](=O)[O-])cc2)cc1. The van der Waals surface area contributed by atoms with E-state index >= 15 is 0 Å². The van der Waals surface area contributed by atoms with E-state index < -0.39 is 16.7 Å². The maximum Gasteiger partial charge on any atom is 0.329 e. The summed E-state index contributed by atoms with van der Waals surface area (Å²) in [6.07, 6.45) is 1.29. The molecule has 0 aliphatic heterocycles. The van der Waals surface area contributed by atoms with E-state index in [1.54, 1.807) is 0 Å². The molecule has 0 radical (unpaired) electrons. The van der Waals surface area contributed by atoms with Crippen molar-refractivity contribution in [2.75, 3.05) is 0 Å². The molecule has 2 amide bonds. The molecule has 140 valence electrons. The Balaban J connectivity index is 1.81. The molecule has 0 aliphatic carbocycles. The van der Waals surface area contributed by atoms with Crippen LogP contribution in [0.2, 0.25) is 0 Å². The van der Waals surface area contributed by atoms with Gasteiger partial charge in [-0.1, -0.05) is 38.1 Å². The van der Waals surface area contributed by atoms with Crippen LogP contribution in [0.5, 0.6) is 0 Å². The lowest BCUT2D eigenvalue weighted by molar-refractivity contribution is -0.384. The van der Waals surface area contributed by atoms with Crippen LogP contribution in [0.1, 0.15) is 36.5 Å². The number of benzene rings is 2. The van der Waals surface area contributed by atoms with Crippen molar-refractivity contribution in [3.63, 3.8) is 0 Å². The van der Waals surface area contributed by atoms with Crippen molar-refractivity contribution in [2.45, 2.75) is 26.3 Å². The number of nitro groups is 1. The van der Waals surface area contributed by atoms with Crippen molar-refractivity contribution in [1.82, 2.24) is 10.7 Å². The first kappa shape index (κ1) is 19.8. The lowest BCUT2D eigenvalue weighted by Gasteiger charge is -2.07. The Morgan fingerprint density at radius 1 is 1.07 bits per heavy atom. The monoisotopic (exact) mass is 368 g/mol. The topological polar surface area (TPSA) is 114 Å². The van der Waals surface area contributed by atoms with Crippen LogP contribution in [0.15, 0.2) is 53.6 Å². The third-order valence-corrected chi connectivity index (χ3v) is 3.79. The van der Waals surface area contributed by atoms with Gasteiger partial charge in [0.1, 0.15) is 0 Å². The molecule has 0 aliphatic rings. The molecule has 0 heterocycles. The zero-order valence-corrected chi connectivity index (χ0v) is 15.0. The van der Waals surface area contributed by atoms with Gasteiger partial charge in [0.25, 0.3) is 5.69 Å². The molecule has 2 aromatic carbocycles. The quantitative estimate of drug-likeness (QED) is 0.353. The second-order valence-corrected chi connectivity index (χ2v) is 6.13. The van der Waals surface area contributed by atoms with Crippen LogP contribution in [0.4, 0.5) is 5.69 Å². The summed E-state index contributed by atoms with van der Waals surface area (Å²) >= 11 is 0. The van der Waals surface area contributed by atoms with Crippen molar-refractivity contribution in [3.05, 3.63) is 75.3 Å². The molecule has 0 aromatic heterocycles. The highest BCUT2D eigenvalue weighted by molar-refractivity contribution is 6.35. The van der Waals surface area contributed by atoms with E-state index in [4.69, 9.17) is 0 Å². The fourth-order valence-electron chi connectivity index (χ4n) is 2.18. The molecule has 0 saturated carbocycles. The Kier molecular flexibility index (Phi) is 6.76. The lowest BCUT2D eigenvalue weighted by atomic mass is 10.0. The number of carbonyl (C=O) groups excluding carboxylic acids is 2. The molecule has 0 bridgehead atoms. The number of carbonyl (C=O) groups is 2. The van der Waals surface area contributed by atoms with Gasteiger partial charge < -0.3 is 5.32 Å². The molecule has 8 nitrogen and oxygen atoms in total. The van der Waals surface area contributed by atoms with Gasteiger partial charge in [-0.3, -0.25) is 19.7 Å². The zero-order valence-electron chi connectivity index (χ0n) is 15.0. The first-order valence-electron chi connectivity index (χ1n) is 8.31. The van der Waals surface area contributed by atoms with Gasteiger partial charge in [0, 0.05) is 18.7 Å². The Hall–Kier alpha value is -3.55. The number of rotatable bonds is 6. The fourth-order valence-corrected chi connectivity index (χ4v) is 2.18. The van der Waals surface area contributed by atoms with Gasteiger partial charge in [-0.2, -0.15) is 5.10 Å². The van der Waals surface area contributed by atoms with E-state index in [0.717, 1.165) is 5.56 Å². The predicted octanol–water partition coefficient (Wildman–Crippen LogP) is 2.48. The molecular weight excluding hydrogens is 348 g/mol. The van der Waals surface area contributed by atoms with Crippen LogP contribution >= 0.6 is 0 Å². The van der Waals surface area contributed by atoms with Crippen molar-refractivity contribution in [2.24, 2.45) is 5.10 Å². The van der Waals surface area contributed by atoms with E-state index in [2.05, 4.69) is 29.7 Å². The number of nitrogens with one attached hydrogen (secondary N) is 2. The lowest BCUT2D eigenvalue weighted by Crippen LogP contribution is -2.37. The molecule has 0 fully saturated rings. The van der Waals surface area contributed by atoms with Gasteiger partial charge >= 0.3 is 11.8 Å². The summed E-state index contributed by atoms with van der Waals surface area (Å²) in [4.78, 5) is 33.6. The van der Waals surface area contributed by atoms with Crippen LogP contribution in [0.25, 0.3) is 0 Å². The molecular formula is C19H20N4O4. The Bertz CT molecular complexity index is 843. The van der Waals surface area contributed by atoms with Crippen LogP contribution in [-0.2, 0) is 16.1 Å². The number of nitrogens with zero attached hydrogens (tertiary/aromatic N) is 2. The largest absolute Gasteiger partial charge is 0.344 e. The Morgan fingerprint density at radius 3 is 2.26 bits per heavy atom. The normalized spacial score (nSPS) is 10.8. The third-order valence-electron chi connectivity index (χ3n) is 3.79. The molecule has 2 aromatic rings. The smallest absolute Gasteiger partial charge is 0.329 e. The molecule has 2 rings (SSSR count). The zero-order chi connectivity index (χ0) is 19.8. The molecule has 27 heavy (non-hydrogen) atoms. The van der Waals surface area contributed by atoms with E-state index in [-0.39, 0.29) is 12.2 Å². The highest BCUT2D eigenvalue weighted by Gasteiger charge is 2.12. The fraction of sp³-hybridized carbons (Fsp3) is 0.211. The molecule has 0 unspecified atom stereocenters. The predicted molar refractivity (Wildman–Crippen MR) is 101 cm³/mol. The summed E-state index contributed by atoms with van der Waals surface area (Å²) in [6.45, 7) is 4.42. The van der Waals surface area contributed by atoms with Crippen molar-refractivity contribution in [3.8, 4) is 0 Å². The Labute approximate surface area is 156 Å². The number of hydrogen-bond acceptors (Lipinski definition) is 5. The third kappa shape index (κ3) is 6.03. The second kappa shape index (κ2) is 9.23. The van der Waals surface area contributed by atoms with Gasteiger partial charge in [0.15, 0.2) is 0 Å². The van der Waals surface area contributed by atoms with E-state index in [1.165, 1.54) is 36.0 Å². The van der Waals surface area contributed by atoms with Gasteiger partial charge in [0.05, 0.1) is 11.1 Å². The molecule has 0 saturated heterocycles. The Morgan fingerprint density at radius 2 is 1.70 bits per heavy atom. The van der Waals surface area contributed by atoms with Crippen LogP contribution in [-0.4, -0.2) is 23.0 Å². The maximum atomic E-state index is 11.8. The van der Waals surface area contributed by atoms with Gasteiger partial charge in [-0.25, -0.2) is 5.43 Å². The summed E-state index contributed by atoms with van der Waals surface area (Å²) in [7, 11) is 0. The summed E-state index contributed by atoms with van der Waals surface area (Å²) < 4.78 is 0. The number of amides is 2. The van der Waals surface area contributed by atoms with E-state index in [1.807, 2.05) is 24.3 Å². The van der Waals surface area contributed by atoms with Gasteiger partial charge in [-0.05, 0) is 34.7 Å². The second-order valence-electron chi connectivity index (χ2n) is 6.13. The minimum Gasteiger partial charge on any atom is -0.344 e. The van der Waals surface area contributed by atoms with Crippen LogP contribution < -0.4 is 10.7 Å². The van der Waals surface area contributed by atoms with Crippen molar-refractivity contribution < 1.29 is 14.5 Å². The highest BCUT2D eigenvalue weighted by Crippen LogP contribution is 2.14. The summed E-state index contributed by atoms with van der Waals surface area (Å²) in [5.74, 6) is -1.27. The average Bonchev–Trinajstić information content (AvgIpc) is 2.66. The van der Waals surface area contributed by atoms with Gasteiger partial charge in [-0.15, -0.1) is 0 Å². The first-order chi connectivity index (χ1) is 12.9. The van der Waals surface area contributed by atoms with Crippen LogP contribution in [0, 0.1) is 10.1 Å². The highest BCUT2D eigenvalue weighted by atomic mass is 16.6. The molecule has 8 heteroatoms. The van der Waals surface area contributed by atoms with E-state index in [0.29, 0.717) is 11.5 Å². The standard InChI is InChI=1S/C19H20N4O4/c1-13(2)16-7-3-14(4-8-16)11-20-18(24)19(25)22-21-12-15-5-9-17(10-6-15)23(26)27/h3-10,12-13H,11H2,1-2H3,(H,20,24)(H,22,25)/b21-12-. The number of non-ortho nitro benzene ring substituents is 1. The van der Waals surface area contributed by atoms with Gasteiger partial charge in [0.2, 0.25) is 0 Å². The molecule has 0 spiro atoms. The maximum absolute atomic E-state index is 11.8. The number of hydrazone groups is 1. The minimum atomic E-state index is -0.896. The van der Waals surface area contributed by atoms with Crippen LogP contribution in [0.3, 0.4) is 0 Å². The summed E-state index contributed by atoms with van der Waals surface area (Å²) in [5.41, 5.74) is 4.70. The van der Waals surface area contributed by atoms with Crippen molar-refractivity contribution in [1.29, 1.82) is 0 Å². The summed E-state index contributed by atoms with van der Waals surface area (Å²) in [5, 5.41) is 16.8. The first-order valence-corrected chi connectivity index (χ1v) is 8.31. The molecule has 2 N–H and O–H groups in total. The average molecular weight is 368 g/mol. The van der Waals surface area contributed by atoms with Crippen molar-refractivity contribution >= 4 is 23.7 Å². The van der Waals surface area contributed by atoms with E-state index in [9.17, 15) is 19.7 Å². The number of hydrogen-bond donors (Lipinski definition) is 2. The molecule has 0 atom stereocenters. The summed E-state index contributed by atoms with van der Waals surface area (Å²) in [6, 6.07) is 13.4.